The Morgan fingerprint density at radius 1 is 0.936 bits per heavy atom. The standard InChI is InChI=1S/C33H50N6O7S/c1-33(30(43)35-20-9-19-34-26(40)12-4-3-11-25-29-24(22-47-25)37-31(44)38-29)16-6-5-10-23(15-17-33)46-32(45)36-18-7-2-8-21-39-27(41)13-14-28(39)42/h5,10,13-14,23-25,29H,2-4,6-9,11-12,15-22H2,1H3,(H,34,40)(H,35,43)(H,36,45)(H2,37,38,44)/b10-5+. The number of ether oxygens (including phenoxy) is 1. The van der Waals surface area contributed by atoms with E-state index in [0.29, 0.717) is 82.8 Å². The van der Waals surface area contributed by atoms with Crippen molar-refractivity contribution in [2.24, 2.45) is 5.41 Å². The first-order chi connectivity index (χ1) is 22.6. The van der Waals surface area contributed by atoms with Crippen LogP contribution in [0.4, 0.5) is 9.59 Å². The summed E-state index contributed by atoms with van der Waals surface area (Å²) < 4.78 is 5.60. The van der Waals surface area contributed by atoms with Crippen molar-refractivity contribution in [1.29, 1.82) is 0 Å². The maximum Gasteiger partial charge on any atom is 0.407 e. The third-order valence-corrected chi connectivity index (χ3v) is 10.8. The number of carbonyl (C=O) groups is 6. The van der Waals surface area contributed by atoms with Gasteiger partial charge in [0.05, 0.1) is 12.1 Å². The van der Waals surface area contributed by atoms with Gasteiger partial charge in [-0.1, -0.05) is 19.4 Å². The minimum absolute atomic E-state index is 0.0172. The second kappa shape index (κ2) is 18.1. The molecule has 1 aliphatic carbocycles. The maximum absolute atomic E-state index is 13.1. The summed E-state index contributed by atoms with van der Waals surface area (Å²) in [6, 6.07) is 0.339. The maximum atomic E-state index is 13.1. The molecule has 14 heteroatoms. The van der Waals surface area contributed by atoms with Gasteiger partial charge in [-0.3, -0.25) is 24.1 Å². The fourth-order valence-corrected chi connectivity index (χ4v) is 7.89. The average Bonchev–Trinajstić information content (AvgIpc) is 3.69. The molecule has 0 saturated carbocycles. The molecule has 5 N–H and O–H groups in total. The predicted molar refractivity (Wildman–Crippen MR) is 178 cm³/mol. The van der Waals surface area contributed by atoms with Gasteiger partial charge in [0.2, 0.25) is 11.8 Å². The number of rotatable bonds is 17. The number of hydrogen-bond acceptors (Lipinski definition) is 8. The summed E-state index contributed by atoms with van der Waals surface area (Å²) >= 11 is 1.88. The Hall–Kier alpha value is -3.55. The number of thioether (sulfide) groups is 1. The zero-order chi connectivity index (χ0) is 33.6. The number of hydrogen-bond donors (Lipinski definition) is 5. The van der Waals surface area contributed by atoms with Crippen LogP contribution in [0.3, 0.4) is 0 Å². The fourth-order valence-electron chi connectivity index (χ4n) is 6.34. The summed E-state index contributed by atoms with van der Waals surface area (Å²) in [5.41, 5.74) is -0.589. The molecule has 2 fully saturated rings. The van der Waals surface area contributed by atoms with E-state index in [2.05, 4.69) is 26.6 Å². The summed E-state index contributed by atoms with van der Waals surface area (Å²) in [7, 11) is 0. The van der Waals surface area contributed by atoms with Crippen molar-refractivity contribution in [2.75, 3.05) is 31.9 Å². The number of amides is 7. The van der Waals surface area contributed by atoms with E-state index in [9.17, 15) is 28.8 Å². The van der Waals surface area contributed by atoms with E-state index in [-0.39, 0.29) is 41.7 Å². The SMILES string of the molecule is CC1(C(=O)NCCCNC(=O)CCCCC2SCC3NC(=O)NC32)CC/C=C/C(OC(=O)NCCCCCN2C(=O)C=CC2=O)CC1. The van der Waals surface area contributed by atoms with Crippen LogP contribution >= 0.6 is 11.8 Å². The molecule has 4 aliphatic rings. The lowest BCUT2D eigenvalue weighted by molar-refractivity contribution is -0.137. The molecule has 47 heavy (non-hydrogen) atoms. The van der Waals surface area contributed by atoms with E-state index in [1.165, 1.54) is 17.1 Å². The third kappa shape index (κ3) is 11.3. The minimum atomic E-state index is -0.589. The van der Waals surface area contributed by atoms with Crippen LogP contribution in [0.2, 0.25) is 0 Å². The van der Waals surface area contributed by atoms with Crippen molar-refractivity contribution in [3.8, 4) is 0 Å². The summed E-state index contributed by atoms with van der Waals surface area (Å²) in [5, 5.41) is 15.1. The van der Waals surface area contributed by atoms with Crippen molar-refractivity contribution in [3.05, 3.63) is 24.3 Å². The Labute approximate surface area is 281 Å². The highest BCUT2D eigenvalue weighted by Crippen LogP contribution is 2.34. The van der Waals surface area contributed by atoms with E-state index in [4.69, 9.17) is 4.74 Å². The highest BCUT2D eigenvalue weighted by Gasteiger charge is 2.42. The molecule has 4 rings (SSSR count). The summed E-state index contributed by atoms with van der Waals surface area (Å²) in [4.78, 5) is 73.6. The molecule has 0 radical (unpaired) electrons. The van der Waals surface area contributed by atoms with Crippen molar-refractivity contribution in [3.63, 3.8) is 0 Å². The normalized spacial score (nSPS) is 27.3. The molecule has 5 atom stereocenters. The number of allylic oxidation sites excluding steroid dienone is 1. The van der Waals surface area contributed by atoms with E-state index in [1.54, 1.807) is 0 Å². The van der Waals surface area contributed by atoms with Gasteiger partial charge in [0.1, 0.15) is 6.10 Å². The van der Waals surface area contributed by atoms with Crippen molar-refractivity contribution < 1.29 is 33.5 Å². The Kier molecular flexibility index (Phi) is 14.0. The van der Waals surface area contributed by atoms with Crippen LogP contribution < -0.4 is 26.6 Å². The topological polar surface area (TPSA) is 175 Å². The lowest BCUT2D eigenvalue weighted by Crippen LogP contribution is -2.41. The van der Waals surface area contributed by atoms with E-state index in [0.717, 1.165) is 31.4 Å². The number of carbonyl (C=O) groups excluding carboxylic acids is 6. The van der Waals surface area contributed by atoms with Crippen molar-refractivity contribution >= 4 is 47.5 Å². The smallest absolute Gasteiger partial charge is 0.407 e. The number of unbranched alkanes of at least 4 members (excludes halogenated alkanes) is 3. The first-order valence-electron chi connectivity index (χ1n) is 17.0. The summed E-state index contributed by atoms with van der Waals surface area (Å²) in [6.07, 6.45) is 13.9. The molecule has 2 saturated heterocycles. The van der Waals surface area contributed by atoms with Crippen LogP contribution in [0.15, 0.2) is 24.3 Å². The van der Waals surface area contributed by atoms with Gasteiger partial charge in [0.25, 0.3) is 11.8 Å². The van der Waals surface area contributed by atoms with E-state index >= 15 is 0 Å². The van der Waals surface area contributed by atoms with Gasteiger partial charge >= 0.3 is 12.1 Å². The fraction of sp³-hybridized carbons (Fsp3) is 0.697. The summed E-state index contributed by atoms with van der Waals surface area (Å²) in [6.45, 7) is 3.71. The van der Waals surface area contributed by atoms with Crippen LogP contribution in [0, 0.1) is 5.41 Å². The molecule has 3 aliphatic heterocycles. The number of urea groups is 1. The first-order valence-corrected chi connectivity index (χ1v) is 18.1. The van der Waals surface area contributed by atoms with Gasteiger partial charge < -0.3 is 31.3 Å². The number of fused-ring (bicyclic) bond motifs is 1. The number of imide groups is 1. The Morgan fingerprint density at radius 3 is 2.51 bits per heavy atom. The van der Waals surface area contributed by atoms with Gasteiger partial charge in [0, 0.05) is 61.2 Å². The second-order valence-electron chi connectivity index (χ2n) is 13.0. The van der Waals surface area contributed by atoms with Gasteiger partial charge in [-0.2, -0.15) is 11.8 Å². The molecule has 7 amide bonds. The average molecular weight is 675 g/mol. The second-order valence-corrected chi connectivity index (χ2v) is 14.3. The Balaban J connectivity index is 1.02. The summed E-state index contributed by atoms with van der Waals surface area (Å²) in [5.74, 6) is 0.358. The highest BCUT2D eigenvalue weighted by atomic mass is 32.2. The Bertz CT molecular complexity index is 1190. The number of nitrogens with one attached hydrogen (secondary N) is 5. The van der Waals surface area contributed by atoms with Crippen LogP contribution in [-0.2, 0) is 23.9 Å². The zero-order valence-corrected chi connectivity index (χ0v) is 28.2. The van der Waals surface area contributed by atoms with Crippen LogP contribution in [0.25, 0.3) is 0 Å². The van der Waals surface area contributed by atoms with Gasteiger partial charge in [-0.25, -0.2) is 9.59 Å². The van der Waals surface area contributed by atoms with Gasteiger partial charge in [-0.15, -0.1) is 0 Å². The molecular weight excluding hydrogens is 624 g/mol. The molecule has 0 bridgehead atoms. The largest absolute Gasteiger partial charge is 0.442 e. The molecule has 0 aromatic rings. The van der Waals surface area contributed by atoms with Crippen molar-refractivity contribution in [2.45, 2.75) is 107 Å². The van der Waals surface area contributed by atoms with Crippen LogP contribution in [-0.4, -0.2) is 96.0 Å². The first kappa shape index (κ1) is 36.3. The molecule has 3 heterocycles. The quantitative estimate of drug-likeness (QED) is 0.0678. The molecule has 13 nitrogen and oxygen atoms in total. The van der Waals surface area contributed by atoms with E-state index in [1.807, 2.05) is 30.8 Å². The third-order valence-electron chi connectivity index (χ3n) is 9.27. The lowest BCUT2D eigenvalue weighted by Gasteiger charge is -2.31. The number of alkyl carbamates (subject to hydrolysis) is 1. The lowest BCUT2D eigenvalue weighted by atomic mass is 9.78. The molecule has 0 aromatic carbocycles. The minimum Gasteiger partial charge on any atom is -0.442 e. The van der Waals surface area contributed by atoms with Crippen molar-refractivity contribution in [1.82, 2.24) is 31.5 Å². The molecule has 0 spiro atoms. The molecule has 260 valence electrons. The number of nitrogens with zero attached hydrogens (tertiary/aromatic N) is 1. The molecule has 5 unspecified atom stereocenters. The van der Waals surface area contributed by atoms with E-state index < -0.39 is 17.6 Å². The molecule has 0 aromatic heterocycles. The highest BCUT2D eigenvalue weighted by molar-refractivity contribution is 8.00. The van der Waals surface area contributed by atoms with Gasteiger partial charge in [0.15, 0.2) is 0 Å². The monoisotopic (exact) mass is 674 g/mol. The Morgan fingerprint density at radius 2 is 1.70 bits per heavy atom. The zero-order valence-electron chi connectivity index (χ0n) is 27.4. The molecular formula is C33H50N6O7S. The van der Waals surface area contributed by atoms with Gasteiger partial charge in [-0.05, 0) is 70.3 Å². The van der Waals surface area contributed by atoms with Crippen LogP contribution in [0.1, 0.15) is 84.0 Å². The predicted octanol–water partition coefficient (Wildman–Crippen LogP) is 2.66. The van der Waals surface area contributed by atoms with Crippen LogP contribution in [0.5, 0.6) is 0 Å².